The van der Waals surface area contributed by atoms with Crippen LogP contribution in [0.2, 0.25) is 0 Å². The van der Waals surface area contributed by atoms with Crippen LogP contribution in [0.5, 0.6) is 0 Å². The molecular weight excluding hydrogens is 162 g/mol. The smallest absolute Gasteiger partial charge is 0.135 e. The van der Waals surface area contributed by atoms with Crippen LogP contribution in [-0.4, -0.2) is 11.5 Å². The van der Waals surface area contributed by atoms with Crippen LogP contribution >= 0.6 is 0 Å². The van der Waals surface area contributed by atoms with Gasteiger partial charge in [-0.1, -0.05) is 18.2 Å². The molecular formula is C11H13NO. The molecule has 2 nitrogen and oxygen atoms in total. The van der Waals surface area contributed by atoms with E-state index in [4.69, 9.17) is 0 Å². The predicted molar refractivity (Wildman–Crippen MR) is 54.5 cm³/mol. The molecule has 0 atom stereocenters. The van der Waals surface area contributed by atoms with Gasteiger partial charge in [-0.3, -0.25) is 9.79 Å². The Balaban J connectivity index is 2.71. The van der Waals surface area contributed by atoms with Gasteiger partial charge in [-0.2, -0.15) is 0 Å². The SMILES string of the molecule is CC(=O)C/C(C)=N\c1ccccc1. The molecule has 0 bridgehead atoms. The van der Waals surface area contributed by atoms with Gasteiger partial charge in [0.1, 0.15) is 5.78 Å². The van der Waals surface area contributed by atoms with Gasteiger partial charge in [-0.05, 0) is 26.0 Å². The van der Waals surface area contributed by atoms with E-state index >= 15 is 0 Å². The van der Waals surface area contributed by atoms with E-state index in [1.807, 2.05) is 37.3 Å². The molecule has 0 fully saturated rings. The normalized spacial score (nSPS) is 11.4. The van der Waals surface area contributed by atoms with E-state index < -0.39 is 0 Å². The molecule has 0 unspecified atom stereocenters. The fourth-order valence-corrected chi connectivity index (χ4v) is 1.12. The molecule has 0 radical (unpaired) electrons. The lowest BCUT2D eigenvalue weighted by Crippen LogP contribution is -1.98. The van der Waals surface area contributed by atoms with Crippen molar-refractivity contribution in [1.82, 2.24) is 0 Å². The minimum Gasteiger partial charge on any atom is -0.300 e. The number of carbonyl (C=O) groups excluding carboxylic acids is 1. The maximum atomic E-state index is 10.8. The fourth-order valence-electron chi connectivity index (χ4n) is 1.12. The monoisotopic (exact) mass is 175 g/mol. The Kier molecular flexibility index (Phi) is 3.38. The molecule has 68 valence electrons. The van der Waals surface area contributed by atoms with Crippen molar-refractivity contribution in [3.63, 3.8) is 0 Å². The first-order valence-corrected chi connectivity index (χ1v) is 4.27. The van der Waals surface area contributed by atoms with Crippen LogP contribution in [-0.2, 0) is 4.79 Å². The molecule has 0 saturated heterocycles. The number of Topliss-reactive ketones (excluding diaryl/α,β-unsaturated/α-hetero) is 1. The van der Waals surface area contributed by atoms with E-state index in [0.717, 1.165) is 11.4 Å². The second-order valence-electron chi connectivity index (χ2n) is 3.06. The molecule has 0 spiro atoms. The first-order valence-electron chi connectivity index (χ1n) is 4.27. The Morgan fingerprint density at radius 1 is 1.23 bits per heavy atom. The van der Waals surface area contributed by atoms with Crippen molar-refractivity contribution in [2.45, 2.75) is 20.3 Å². The number of carbonyl (C=O) groups is 1. The largest absolute Gasteiger partial charge is 0.300 e. The van der Waals surface area contributed by atoms with Crippen LogP contribution in [0.1, 0.15) is 20.3 Å². The van der Waals surface area contributed by atoms with Gasteiger partial charge in [-0.15, -0.1) is 0 Å². The van der Waals surface area contributed by atoms with Crippen LogP contribution in [0.4, 0.5) is 5.69 Å². The van der Waals surface area contributed by atoms with Crippen LogP contribution < -0.4 is 0 Å². The van der Waals surface area contributed by atoms with Gasteiger partial charge in [0, 0.05) is 12.1 Å². The summed E-state index contributed by atoms with van der Waals surface area (Å²) in [6.45, 7) is 3.44. The van der Waals surface area contributed by atoms with Crippen molar-refractivity contribution in [2.75, 3.05) is 0 Å². The van der Waals surface area contributed by atoms with Crippen LogP contribution in [0.3, 0.4) is 0 Å². The number of aliphatic imine (C=N–C) groups is 1. The van der Waals surface area contributed by atoms with Crippen molar-refractivity contribution in [3.8, 4) is 0 Å². The zero-order valence-electron chi connectivity index (χ0n) is 7.95. The van der Waals surface area contributed by atoms with Gasteiger partial charge in [0.05, 0.1) is 5.69 Å². The molecule has 0 N–H and O–H groups in total. The molecule has 13 heavy (non-hydrogen) atoms. The molecule has 0 aliphatic rings. The van der Waals surface area contributed by atoms with Gasteiger partial charge in [0.2, 0.25) is 0 Å². The highest BCUT2D eigenvalue weighted by molar-refractivity contribution is 6.00. The van der Waals surface area contributed by atoms with Gasteiger partial charge in [0.25, 0.3) is 0 Å². The summed E-state index contributed by atoms with van der Waals surface area (Å²) in [5, 5.41) is 0. The summed E-state index contributed by atoms with van der Waals surface area (Å²) in [7, 11) is 0. The topological polar surface area (TPSA) is 29.4 Å². The van der Waals surface area contributed by atoms with Crippen LogP contribution in [0.25, 0.3) is 0 Å². The molecule has 1 aromatic rings. The minimum absolute atomic E-state index is 0.150. The Bertz CT molecular complexity index is 314. The van der Waals surface area contributed by atoms with Crippen molar-refractivity contribution in [1.29, 1.82) is 0 Å². The number of benzene rings is 1. The summed E-state index contributed by atoms with van der Waals surface area (Å²) < 4.78 is 0. The van der Waals surface area contributed by atoms with Crippen LogP contribution in [0, 0.1) is 0 Å². The van der Waals surface area contributed by atoms with E-state index in [0.29, 0.717) is 6.42 Å². The molecule has 0 aromatic heterocycles. The number of ketones is 1. The van der Waals surface area contributed by atoms with Crippen molar-refractivity contribution in [2.24, 2.45) is 4.99 Å². The lowest BCUT2D eigenvalue weighted by Gasteiger charge is -1.96. The number of rotatable bonds is 3. The third-order valence-electron chi connectivity index (χ3n) is 1.58. The van der Waals surface area contributed by atoms with E-state index in [9.17, 15) is 4.79 Å². The lowest BCUT2D eigenvalue weighted by molar-refractivity contribution is -0.115. The van der Waals surface area contributed by atoms with E-state index in [-0.39, 0.29) is 5.78 Å². The highest BCUT2D eigenvalue weighted by atomic mass is 16.1. The van der Waals surface area contributed by atoms with E-state index in [1.165, 1.54) is 0 Å². The summed E-state index contributed by atoms with van der Waals surface area (Å²) in [6.07, 6.45) is 0.439. The molecule has 0 aliphatic carbocycles. The summed E-state index contributed by atoms with van der Waals surface area (Å²) in [5.74, 6) is 0.150. The number of hydrogen-bond donors (Lipinski definition) is 0. The Hall–Kier alpha value is -1.44. The summed E-state index contributed by atoms with van der Waals surface area (Å²) in [6, 6.07) is 9.65. The number of nitrogens with zero attached hydrogens (tertiary/aromatic N) is 1. The number of hydrogen-bond acceptors (Lipinski definition) is 2. The Morgan fingerprint density at radius 2 is 1.85 bits per heavy atom. The van der Waals surface area contributed by atoms with Gasteiger partial charge in [0.15, 0.2) is 0 Å². The fraction of sp³-hybridized carbons (Fsp3) is 0.273. The van der Waals surface area contributed by atoms with Crippen molar-refractivity contribution >= 4 is 17.2 Å². The molecule has 0 heterocycles. The lowest BCUT2D eigenvalue weighted by atomic mass is 10.2. The van der Waals surface area contributed by atoms with Crippen molar-refractivity contribution < 1.29 is 4.79 Å². The van der Waals surface area contributed by atoms with Crippen LogP contribution in [0.15, 0.2) is 35.3 Å². The first kappa shape index (κ1) is 9.65. The van der Waals surface area contributed by atoms with E-state index in [1.54, 1.807) is 6.92 Å². The highest BCUT2D eigenvalue weighted by Crippen LogP contribution is 2.10. The first-order chi connectivity index (χ1) is 6.18. The highest BCUT2D eigenvalue weighted by Gasteiger charge is 1.96. The standard InChI is InChI=1S/C11H13NO/c1-9(8-10(2)13)12-11-6-4-3-5-7-11/h3-7H,8H2,1-2H3/b12-9-. The predicted octanol–water partition coefficient (Wildman–Crippen LogP) is 2.76. The third kappa shape index (κ3) is 3.65. The molecule has 1 rings (SSSR count). The molecule has 0 saturated carbocycles. The van der Waals surface area contributed by atoms with Gasteiger partial charge in [-0.25, -0.2) is 0 Å². The number of para-hydroxylation sites is 1. The quantitative estimate of drug-likeness (QED) is 0.649. The third-order valence-corrected chi connectivity index (χ3v) is 1.58. The van der Waals surface area contributed by atoms with Crippen molar-refractivity contribution in [3.05, 3.63) is 30.3 Å². The molecule has 1 aromatic carbocycles. The van der Waals surface area contributed by atoms with Gasteiger partial charge < -0.3 is 0 Å². The van der Waals surface area contributed by atoms with E-state index in [2.05, 4.69) is 4.99 Å². The second-order valence-corrected chi connectivity index (χ2v) is 3.06. The minimum atomic E-state index is 0.150. The molecule has 0 aliphatic heterocycles. The average Bonchev–Trinajstić information content (AvgIpc) is 2.04. The summed E-state index contributed by atoms with van der Waals surface area (Å²) in [4.78, 5) is 15.1. The Morgan fingerprint density at radius 3 is 2.38 bits per heavy atom. The average molecular weight is 175 g/mol. The Labute approximate surface area is 78.3 Å². The summed E-state index contributed by atoms with van der Waals surface area (Å²) in [5.41, 5.74) is 1.76. The summed E-state index contributed by atoms with van der Waals surface area (Å²) >= 11 is 0. The zero-order chi connectivity index (χ0) is 9.68. The zero-order valence-corrected chi connectivity index (χ0v) is 7.95. The maximum absolute atomic E-state index is 10.8. The molecule has 2 heteroatoms. The van der Waals surface area contributed by atoms with Gasteiger partial charge >= 0.3 is 0 Å². The second kappa shape index (κ2) is 4.55. The maximum Gasteiger partial charge on any atom is 0.135 e. The molecule has 0 amide bonds.